The Balaban J connectivity index is 1.78. The number of carbonyl (C=O) groups is 1. The van der Waals surface area contributed by atoms with Crippen LogP contribution >= 0.6 is 11.8 Å². The topological polar surface area (TPSA) is 48.9 Å². The molecule has 0 unspecified atom stereocenters. The van der Waals surface area contributed by atoms with Crippen LogP contribution in [0.4, 0.5) is 5.82 Å². The Morgan fingerprint density at radius 2 is 1.88 bits per heavy atom. The summed E-state index contributed by atoms with van der Waals surface area (Å²) in [6, 6.07) is 2.10. The maximum absolute atomic E-state index is 12.7. The van der Waals surface area contributed by atoms with Crippen LogP contribution in [0.3, 0.4) is 0 Å². The molecule has 7 heteroatoms. The number of pyridine rings is 1. The number of morpholine rings is 1. The van der Waals surface area contributed by atoms with Crippen LogP contribution in [0.25, 0.3) is 0 Å². The summed E-state index contributed by atoms with van der Waals surface area (Å²) in [7, 11) is 2.10. The Morgan fingerprint density at radius 1 is 1.19 bits per heavy atom. The van der Waals surface area contributed by atoms with Gasteiger partial charge in [0.2, 0.25) is 5.91 Å². The Bertz CT molecular complexity index is 626. The molecule has 0 aliphatic carbocycles. The van der Waals surface area contributed by atoms with Crippen molar-refractivity contribution in [2.24, 2.45) is 0 Å². The summed E-state index contributed by atoms with van der Waals surface area (Å²) in [6.07, 6.45) is 2.51. The molecule has 0 aromatic carbocycles. The number of hydrogen-bond acceptors (Lipinski definition) is 6. The standard InChI is InChI=1S/C19H30N4O2S/c1-15-12-16(13-18(24)22-6-4-21(2)5-7-22)20-19(17(15)14-26-3)23-8-10-25-11-9-23/h12H,4-11,13-14H2,1-3H3. The third-order valence-electron chi connectivity index (χ3n) is 5.17. The molecule has 1 aromatic rings. The number of likely N-dealkylation sites (N-methyl/N-ethyl adjacent to an activating group) is 1. The minimum absolute atomic E-state index is 0.190. The molecule has 144 valence electrons. The van der Waals surface area contributed by atoms with Crippen LogP contribution in [0.2, 0.25) is 0 Å². The van der Waals surface area contributed by atoms with Crippen molar-refractivity contribution in [3.8, 4) is 0 Å². The molecule has 1 amide bonds. The molecule has 26 heavy (non-hydrogen) atoms. The highest BCUT2D eigenvalue weighted by molar-refractivity contribution is 7.97. The van der Waals surface area contributed by atoms with Gasteiger partial charge < -0.3 is 19.4 Å². The van der Waals surface area contributed by atoms with Crippen LogP contribution in [0.1, 0.15) is 16.8 Å². The van der Waals surface area contributed by atoms with Crippen molar-refractivity contribution in [2.45, 2.75) is 19.1 Å². The van der Waals surface area contributed by atoms with E-state index >= 15 is 0 Å². The number of aryl methyl sites for hydroxylation is 1. The molecule has 2 fully saturated rings. The van der Waals surface area contributed by atoms with Gasteiger partial charge >= 0.3 is 0 Å². The van der Waals surface area contributed by atoms with Crippen LogP contribution in [-0.2, 0) is 21.7 Å². The first-order chi connectivity index (χ1) is 12.6. The van der Waals surface area contributed by atoms with E-state index in [2.05, 4.69) is 36.1 Å². The Morgan fingerprint density at radius 3 is 2.54 bits per heavy atom. The second-order valence-electron chi connectivity index (χ2n) is 7.13. The summed E-state index contributed by atoms with van der Waals surface area (Å²) in [5.41, 5.74) is 3.41. The Kier molecular flexibility index (Phi) is 6.78. The first-order valence-corrected chi connectivity index (χ1v) is 10.7. The number of aromatic nitrogens is 1. The van der Waals surface area contributed by atoms with Gasteiger partial charge in [0, 0.05) is 50.6 Å². The van der Waals surface area contributed by atoms with Crippen LogP contribution in [0, 0.1) is 6.92 Å². The molecule has 2 saturated heterocycles. The Labute approximate surface area is 160 Å². The highest BCUT2D eigenvalue weighted by Crippen LogP contribution is 2.27. The second-order valence-corrected chi connectivity index (χ2v) is 7.99. The van der Waals surface area contributed by atoms with Gasteiger partial charge in [-0.3, -0.25) is 4.79 Å². The van der Waals surface area contributed by atoms with Gasteiger partial charge in [-0.2, -0.15) is 11.8 Å². The van der Waals surface area contributed by atoms with E-state index in [1.807, 2.05) is 16.7 Å². The van der Waals surface area contributed by atoms with Crippen LogP contribution < -0.4 is 4.90 Å². The van der Waals surface area contributed by atoms with Crippen LogP contribution in [0.5, 0.6) is 0 Å². The highest BCUT2D eigenvalue weighted by atomic mass is 32.2. The first kappa shape index (κ1) is 19.5. The quantitative estimate of drug-likeness (QED) is 0.772. The Hall–Kier alpha value is -1.31. The molecule has 3 heterocycles. The fraction of sp³-hybridized carbons (Fsp3) is 0.684. The first-order valence-electron chi connectivity index (χ1n) is 9.36. The number of amides is 1. The van der Waals surface area contributed by atoms with Gasteiger partial charge in [-0.05, 0) is 31.9 Å². The van der Waals surface area contributed by atoms with Crippen molar-refractivity contribution in [1.82, 2.24) is 14.8 Å². The lowest BCUT2D eigenvalue weighted by Crippen LogP contribution is -2.47. The summed E-state index contributed by atoms with van der Waals surface area (Å²) in [4.78, 5) is 24.2. The fourth-order valence-electron chi connectivity index (χ4n) is 3.52. The number of rotatable bonds is 5. The molecule has 0 N–H and O–H groups in total. The third kappa shape index (κ3) is 4.69. The van der Waals surface area contributed by atoms with E-state index in [9.17, 15) is 4.79 Å². The summed E-state index contributed by atoms with van der Waals surface area (Å²) < 4.78 is 5.49. The molecule has 2 aliphatic heterocycles. The van der Waals surface area contributed by atoms with E-state index in [0.29, 0.717) is 6.42 Å². The van der Waals surface area contributed by atoms with Crippen molar-refractivity contribution >= 4 is 23.5 Å². The fourth-order valence-corrected chi connectivity index (χ4v) is 4.17. The number of ether oxygens (including phenoxy) is 1. The zero-order valence-electron chi connectivity index (χ0n) is 16.2. The van der Waals surface area contributed by atoms with Crippen molar-refractivity contribution in [2.75, 3.05) is 70.7 Å². The summed E-state index contributed by atoms with van der Waals surface area (Å²) >= 11 is 1.81. The van der Waals surface area contributed by atoms with E-state index in [-0.39, 0.29) is 5.91 Å². The van der Waals surface area contributed by atoms with Crippen molar-refractivity contribution in [3.05, 3.63) is 22.9 Å². The van der Waals surface area contributed by atoms with Gasteiger partial charge in [-0.1, -0.05) is 0 Å². The second kappa shape index (κ2) is 9.06. The smallest absolute Gasteiger partial charge is 0.228 e. The van der Waals surface area contributed by atoms with E-state index in [0.717, 1.165) is 69.7 Å². The highest BCUT2D eigenvalue weighted by Gasteiger charge is 2.22. The van der Waals surface area contributed by atoms with Gasteiger partial charge in [0.05, 0.1) is 25.3 Å². The number of anilines is 1. The predicted molar refractivity (Wildman–Crippen MR) is 107 cm³/mol. The molecule has 3 rings (SSSR count). The van der Waals surface area contributed by atoms with Gasteiger partial charge in [0.25, 0.3) is 0 Å². The normalized spacial score (nSPS) is 19.0. The SMILES string of the molecule is CSCc1c(C)cc(CC(=O)N2CCN(C)CC2)nc1N1CCOCC1. The van der Waals surface area contributed by atoms with Crippen molar-refractivity contribution < 1.29 is 9.53 Å². The predicted octanol–water partition coefficient (Wildman–Crippen LogP) is 1.41. The molecule has 1 aromatic heterocycles. The molecule has 2 aliphatic rings. The third-order valence-corrected chi connectivity index (χ3v) is 5.74. The number of nitrogens with zero attached hydrogens (tertiary/aromatic N) is 4. The number of thioether (sulfide) groups is 1. The average Bonchev–Trinajstić information content (AvgIpc) is 2.65. The summed E-state index contributed by atoms with van der Waals surface area (Å²) in [6.45, 7) is 8.88. The molecular weight excluding hydrogens is 348 g/mol. The molecule has 0 spiro atoms. The zero-order valence-corrected chi connectivity index (χ0v) is 17.0. The molecular formula is C19H30N4O2S. The lowest BCUT2D eigenvalue weighted by Gasteiger charge is -2.33. The zero-order chi connectivity index (χ0) is 18.5. The average molecular weight is 379 g/mol. The molecule has 0 atom stereocenters. The molecule has 0 radical (unpaired) electrons. The lowest BCUT2D eigenvalue weighted by molar-refractivity contribution is -0.132. The van der Waals surface area contributed by atoms with E-state index in [1.54, 1.807) is 0 Å². The van der Waals surface area contributed by atoms with E-state index < -0.39 is 0 Å². The van der Waals surface area contributed by atoms with Gasteiger partial charge in [0.15, 0.2) is 0 Å². The van der Waals surface area contributed by atoms with E-state index in [4.69, 9.17) is 9.72 Å². The van der Waals surface area contributed by atoms with Gasteiger partial charge in [-0.25, -0.2) is 4.98 Å². The minimum Gasteiger partial charge on any atom is -0.378 e. The number of piperazine rings is 1. The monoisotopic (exact) mass is 378 g/mol. The number of carbonyl (C=O) groups excluding carboxylic acids is 1. The van der Waals surface area contributed by atoms with Gasteiger partial charge in [-0.15, -0.1) is 0 Å². The summed E-state index contributed by atoms with van der Waals surface area (Å²) in [5, 5.41) is 0. The maximum atomic E-state index is 12.7. The number of hydrogen-bond donors (Lipinski definition) is 0. The maximum Gasteiger partial charge on any atom is 0.228 e. The molecule has 0 bridgehead atoms. The molecule has 0 saturated carbocycles. The van der Waals surface area contributed by atoms with Crippen molar-refractivity contribution in [1.29, 1.82) is 0 Å². The molecule has 6 nitrogen and oxygen atoms in total. The van der Waals surface area contributed by atoms with Gasteiger partial charge in [0.1, 0.15) is 5.82 Å². The minimum atomic E-state index is 0.190. The summed E-state index contributed by atoms with van der Waals surface area (Å²) in [5.74, 6) is 2.18. The van der Waals surface area contributed by atoms with Crippen LogP contribution in [-0.4, -0.2) is 86.5 Å². The lowest BCUT2D eigenvalue weighted by atomic mass is 10.1. The van der Waals surface area contributed by atoms with Crippen LogP contribution in [0.15, 0.2) is 6.07 Å². The van der Waals surface area contributed by atoms with Crippen molar-refractivity contribution in [3.63, 3.8) is 0 Å². The largest absolute Gasteiger partial charge is 0.378 e. The van der Waals surface area contributed by atoms with E-state index in [1.165, 1.54) is 11.1 Å².